The summed E-state index contributed by atoms with van der Waals surface area (Å²) in [5.41, 5.74) is 3.28. The van der Waals surface area contributed by atoms with Gasteiger partial charge in [-0.1, -0.05) is 37.6 Å². The van der Waals surface area contributed by atoms with Crippen molar-refractivity contribution < 1.29 is 9.59 Å². The third kappa shape index (κ3) is 4.66. The number of carbonyl (C=O) groups is 2. The van der Waals surface area contributed by atoms with Crippen molar-refractivity contribution in [2.24, 2.45) is 0 Å². The van der Waals surface area contributed by atoms with Crippen LogP contribution in [0.3, 0.4) is 0 Å². The van der Waals surface area contributed by atoms with E-state index in [4.69, 9.17) is 11.6 Å². The van der Waals surface area contributed by atoms with Gasteiger partial charge in [-0.15, -0.1) is 0 Å². The van der Waals surface area contributed by atoms with Crippen LogP contribution in [-0.2, 0) is 0 Å². The van der Waals surface area contributed by atoms with Gasteiger partial charge in [0.1, 0.15) is 0 Å². The van der Waals surface area contributed by atoms with Crippen LogP contribution < -0.4 is 5.32 Å². The van der Waals surface area contributed by atoms with Crippen molar-refractivity contribution in [3.8, 4) is 0 Å². The summed E-state index contributed by atoms with van der Waals surface area (Å²) < 4.78 is 1.83. The second-order valence-electron chi connectivity index (χ2n) is 9.23. The molecule has 5 rings (SSSR count). The minimum atomic E-state index is -0.309. The molecule has 2 amide bonds. The fourth-order valence-electron chi connectivity index (χ4n) is 4.70. The van der Waals surface area contributed by atoms with E-state index in [0.717, 1.165) is 16.8 Å². The Kier molecular flexibility index (Phi) is 6.30. The molecular formula is C26H27ClN6O2. The number of carbonyl (C=O) groups excluding carboxylic acids is 2. The first-order chi connectivity index (χ1) is 16.9. The smallest absolute Gasteiger partial charge is 0.287 e. The molecule has 0 radical (unpaired) electrons. The van der Waals surface area contributed by atoms with E-state index in [1.807, 2.05) is 60.8 Å². The Morgan fingerprint density at radius 1 is 1.20 bits per heavy atom. The summed E-state index contributed by atoms with van der Waals surface area (Å²) in [6.45, 7) is 5.01. The molecule has 180 valence electrons. The van der Waals surface area contributed by atoms with Gasteiger partial charge in [-0.25, -0.2) is 9.97 Å². The van der Waals surface area contributed by atoms with Gasteiger partial charge in [0.2, 0.25) is 0 Å². The van der Waals surface area contributed by atoms with E-state index in [1.54, 1.807) is 23.6 Å². The quantitative estimate of drug-likeness (QED) is 0.437. The number of halogens is 1. The zero-order valence-corrected chi connectivity index (χ0v) is 20.4. The lowest BCUT2D eigenvalue weighted by Gasteiger charge is -2.39. The average Bonchev–Trinajstić information content (AvgIpc) is 3.53. The molecule has 1 aliphatic rings. The molecule has 1 fully saturated rings. The fraction of sp³-hybridized carbons (Fsp3) is 0.308. The number of H-pyrrole nitrogens is 1. The number of imidazole rings is 2. The molecule has 3 aromatic heterocycles. The number of piperidine rings is 1. The first kappa shape index (κ1) is 23.1. The first-order valence-corrected chi connectivity index (χ1v) is 12.1. The van der Waals surface area contributed by atoms with E-state index >= 15 is 0 Å². The van der Waals surface area contributed by atoms with Crippen molar-refractivity contribution in [2.45, 2.75) is 38.1 Å². The van der Waals surface area contributed by atoms with E-state index in [-0.39, 0.29) is 35.5 Å². The van der Waals surface area contributed by atoms with Gasteiger partial charge in [-0.3, -0.25) is 9.59 Å². The monoisotopic (exact) mass is 490 g/mol. The number of nitrogens with one attached hydrogen (secondary N) is 2. The van der Waals surface area contributed by atoms with Crippen molar-refractivity contribution in [1.82, 2.24) is 29.6 Å². The molecule has 1 saturated heterocycles. The highest BCUT2D eigenvalue weighted by molar-refractivity contribution is 6.30. The van der Waals surface area contributed by atoms with Crippen LogP contribution in [0.4, 0.5) is 0 Å². The van der Waals surface area contributed by atoms with Crippen LogP contribution in [0.25, 0.3) is 5.52 Å². The Hall–Kier alpha value is -3.65. The lowest BCUT2D eigenvalue weighted by molar-refractivity contribution is 0.0655. The number of benzene rings is 1. The molecule has 0 unspecified atom stereocenters. The molecule has 35 heavy (non-hydrogen) atoms. The van der Waals surface area contributed by atoms with Crippen LogP contribution in [0.2, 0.25) is 5.02 Å². The van der Waals surface area contributed by atoms with E-state index in [0.29, 0.717) is 30.1 Å². The van der Waals surface area contributed by atoms with Gasteiger partial charge in [0, 0.05) is 42.1 Å². The van der Waals surface area contributed by atoms with Crippen LogP contribution in [0.1, 0.15) is 64.3 Å². The van der Waals surface area contributed by atoms with Crippen molar-refractivity contribution >= 4 is 28.9 Å². The van der Waals surface area contributed by atoms with Crippen LogP contribution in [0.15, 0.2) is 61.3 Å². The first-order valence-electron chi connectivity index (χ1n) is 11.7. The number of nitrogens with zero attached hydrogens (tertiary/aromatic N) is 4. The second kappa shape index (κ2) is 9.54. The number of amides is 2. The Morgan fingerprint density at radius 3 is 2.83 bits per heavy atom. The van der Waals surface area contributed by atoms with Gasteiger partial charge in [0.05, 0.1) is 29.6 Å². The largest absolute Gasteiger partial charge is 0.344 e. The summed E-state index contributed by atoms with van der Waals surface area (Å²) in [5, 5.41) is 3.78. The molecule has 2 N–H and O–H groups in total. The zero-order valence-electron chi connectivity index (χ0n) is 19.6. The Labute approximate surface area is 208 Å². The van der Waals surface area contributed by atoms with E-state index in [2.05, 4.69) is 20.3 Å². The number of aromatic nitrogens is 4. The maximum Gasteiger partial charge on any atom is 0.287 e. The summed E-state index contributed by atoms with van der Waals surface area (Å²) in [6, 6.07) is 11.0. The molecular weight excluding hydrogens is 464 g/mol. The van der Waals surface area contributed by atoms with Crippen LogP contribution in [0, 0.1) is 0 Å². The second-order valence-corrected chi connectivity index (χ2v) is 9.67. The van der Waals surface area contributed by atoms with E-state index in [9.17, 15) is 9.59 Å². The predicted octanol–water partition coefficient (Wildman–Crippen LogP) is 4.26. The zero-order chi connectivity index (χ0) is 24.5. The van der Waals surface area contributed by atoms with Crippen LogP contribution in [-0.4, -0.2) is 55.2 Å². The highest BCUT2D eigenvalue weighted by Gasteiger charge is 2.35. The third-order valence-electron chi connectivity index (χ3n) is 6.61. The van der Waals surface area contributed by atoms with Gasteiger partial charge in [0.15, 0.2) is 5.82 Å². The molecule has 0 bridgehead atoms. The molecule has 0 saturated carbocycles. The lowest BCUT2D eigenvalue weighted by atomic mass is 9.85. The summed E-state index contributed by atoms with van der Waals surface area (Å²) >= 11 is 6.27. The molecule has 4 aromatic rings. The Bertz CT molecular complexity index is 1380. The van der Waals surface area contributed by atoms with Crippen LogP contribution in [0.5, 0.6) is 0 Å². The molecule has 8 nitrogen and oxygen atoms in total. The van der Waals surface area contributed by atoms with Gasteiger partial charge < -0.3 is 19.6 Å². The van der Waals surface area contributed by atoms with Crippen LogP contribution >= 0.6 is 11.6 Å². The van der Waals surface area contributed by atoms with Gasteiger partial charge in [0.25, 0.3) is 11.8 Å². The Balaban J connectivity index is 1.42. The third-order valence-corrected chi connectivity index (χ3v) is 6.84. The molecule has 2 atom stereocenters. The van der Waals surface area contributed by atoms with Gasteiger partial charge in [-0.2, -0.15) is 0 Å². The molecule has 1 aromatic carbocycles. The van der Waals surface area contributed by atoms with Crippen molar-refractivity contribution in [2.75, 3.05) is 13.1 Å². The lowest BCUT2D eigenvalue weighted by Crippen LogP contribution is -2.53. The molecule has 4 heterocycles. The molecule has 9 heteroatoms. The number of rotatable bonds is 5. The van der Waals surface area contributed by atoms with Gasteiger partial charge >= 0.3 is 0 Å². The highest BCUT2D eigenvalue weighted by Crippen LogP contribution is 2.31. The topological polar surface area (TPSA) is 95.4 Å². The normalized spacial score (nSPS) is 18.2. The summed E-state index contributed by atoms with van der Waals surface area (Å²) in [7, 11) is 0. The predicted molar refractivity (Wildman–Crippen MR) is 134 cm³/mol. The summed E-state index contributed by atoms with van der Waals surface area (Å²) in [5.74, 6) is 0.136. The minimum Gasteiger partial charge on any atom is -0.344 e. The summed E-state index contributed by atoms with van der Waals surface area (Å²) in [4.78, 5) is 40.0. The average molecular weight is 491 g/mol. The number of aromatic amines is 1. The molecule has 1 aliphatic heterocycles. The number of fused-ring (bicyclic) bond motifs is 1. The van der Waals surface area contributed by atoms with E-state index < -0.39 is 0 Å². The van der Waals surface area contributed by atoms with Crippen molar-refractivity contribution in [3.05, 3.63) is 89.0 Å². The molecule has 0 spiro atoms. The minimum absolute atomic E-state index is 0.00647. The Morgan fingerprint density at radius 2 is 2.06 bits per heavy atom. The maximum absolute atomic E-state index is 13.5. The van der Waals surface area contributed by atoms with Crippen molar-refractivity contribution in [3.63, 3.8) is 0 Å². The number of likely N-dealkylation sites (tertiary alicyclic amines) is 1. The SMILES string of the molecule is CC(C)c1cnc(C(=O)N[C@@H]2CN(C(=O)c3cccn4cncc34)CC[C@H]2c2cccc(Cl)c2)[nH]1. The maximum atomic E-state index is 13.5. The highest BCUT2D eigenvalue weighted by atomic mass is 35.5. The van der Waals surface area contributed by atoms with Gasteiger partial charge in [-0.05, 0) is 42.2 Å². The standard InChI is InChI=1S/C26H27ClN6O2/c1-16(2)21-12-29-24(30-21)25(34)31-22-14-32(10-8-19(22)17-5-3-6-18(27)11-17)26(35)20-7-4-9-33-15-28-13-23(20)33/h3-7,9,11-13,15-16,19,22H,8,10,14H2,1-2H3,(H,29,30)(H,31,34)/t19-,22+/m0/s1. The number of hydrogen-bond donors (Lipinski definition) is 2. The van der Waals surface area contributed by atoms with E-state index in [1.165, 1.54) is 0 Å². The number of hydrogen-bond acceptors (Lipinski definition) is 4. The number of pyridine rings is 1. The summed E-state index contributed by atoms with van der Waals surface area (Å²) in [6.07, 6.45) is 7.61. The van der Waals surface area contributed by atoms with Crippen molar-refractivity contribution in [1.29, 1.82) is 0 Å². The molecule has 0 aliphatic carbocycles. The fourth-order valence-corrected chi connectivity index (χ4v) is 4.90.